The molecule has 8 heteroatoms. The predicted octanol–water partition coefficient (Wildman–Crippen LogP) is 0.432. The minimum Gasteiger partial charge on any atom is -0.480 e. The third-order valence-corrected chi connectivity index (χ3v) is 4.44. The summed E-state index contributed by atoms with van der Waals surface area (Å²) in [5, 5.41) is 20.5. The standard InChI is InChI=1S/C10H17N5O2S/c1-10(2,8(11)9(16)17)18-5-7-12-13-14-15(7)6-3-4-6/h6,8H,3-5,11H2,1-2H3,(H,16,17)/t8-/m0/s1. The van der Waals surface area contributed by atoms with Crippen LogP contribution in [-0.2, 0) is 10.5 Å². The Hall–Kier alpha value is -1.15. The maximum Gasteiger partial charge on any atom is 0.321 e. The quantitative estimate of drug-likeness (QED) is 0.772. The first-order valence-electron chi connectivity index (χ1n) is 5.81. The number of nitrogens with zero attached hydrogens (tertiary/aromatic N) is 4. The second-order valence-electron chi connectivity index (χ2n) is 4.98. The van der Waals surface area contributed by atoms with Gasteiger partial charge in [0.05, 0.1) is 11.8 Å². The fourth-order valence-corrected chi connectivity index (χ4v) is 2.52. The highest BCUT2D eigenvalue weighted by molar-refractivity contribution is 7.99. The van der Waals surface area contributed by atoms with Crippen molar-refractivity contribution in [1.82, 2.24) is 20.2 Å². The summed E-state index contributed by atoms with van der Waals surface area (Å²) in [6.45, 7) is 3.64. The topological polar surface area (TPSA) is 107 Å². The molecule has 0 amide bonds. The van der Waals surface area contributed by atoms with Crippen molar-refractivity contribution >= 4 is 17.7 Å². The van der Waals surface area contributed by atoms with Gasteiger partial charge in [-0.15, -0.1) is 16.9 Å². The van der Waals surface area contributed by atoms with Gasteiger partial charge in [0.15, 0.2) is 5.82 Å². The lowest BCUT2D eigenvalue weighted by Gasteiger charge is -2.27. The van der Waals surface area contributed by atoms with E-state index < -0.39 is 16.8 Å². The van der Waals surface area contributed by atoms with Crippen molar-refractivity contribution in [2.24, 2.45) is 5.73 Å². The van der Waals surface area contributed by atoms with Crippen LogP contribution in [0.4, 0.5) is 0 Å². The van der Waals surface area contributed by atoms with E-state index in [9.17, 15) is 4.79 Å². The van der Waals surface area contributed by atoms with Crippen LogP contribution in [0.15, 0.2) is 0 Å². The first kappa shape index (κ1) is 13.3. The third kappa shape index (κ3) is 2.81. The molecule has 1 heterocycles. The van der Waals surface area contributed by atoms with Crippen LogP contribution < -0.4 is 5.73 Å². The molecule has 1 aromatic heterocycles. The summed E-state index contributed by atoms with van der Waals surface area (Å²) in [4.78, 5) is 10.9. The molecule has 1 aromatic rings. The fraction of sp³-hybridized carbons (Fsp3) is 0.800. The molecule has 1 aliphatic carbocycles. The van der Waals surface area contributed by atoms with Gasteiger partial charge in [0.2, 0.25) is 0 Å². The van der Waals surface area contributed by atoms with Gasteiger partial charge in [0.25, 0.3) is 0 Å². The fourth-order valence-electron chi connectivity index (χ4n) is 1.55. The van der Waals surface area contributed by atoms with Crippen molar-refractivity contribution < 1.29 is 9.90 Å². The molecule has 0 saturated heterocycles. The Bertz CT molecular complexity index is 443. The summed E-state index contributed by atoms with van der Waals surface area (Å²) >= 11 is 1.46. The molecule has 0 unspecified atom stereocenters. The molecule has 0 bridgehead atoms. The lowest BCUT2D eigenvalue weighted by Crippen LogP contribution is -2.46. The van der Waals surface area contributed by atoms with E-state index in [0.717, 1.165) is 18.7 Å². The number of tetrazole rings is 1. The van der Waals surface area contributed by atoms with E-state index in [1.807, 2.05) is 18.5 Å². The van der Waals surface area contributed by atoms with Gasteiger partial charge in [-0.3, -0.25) is 4.79 Å². The van der Waals surface area contributed by atoms with Crippen molar-refractivity contribution in [2.45, 2.75) is 49.3 Å². The molecule has 0 aromatic carbocycles. The van der Waals surface area contributed by atoms with Crippen LogP contribution in [0, 0.1) is 0 Å². The van der Waals surface area contributed by atoms with Crippen LogP contribution in [-0.4, -0.2) is 42.1 Å². The highest BCUT2D eigenvalue weighted by atomic mass is 32.2. The Balaban J connectivity index is 1.98. The first-order valence-corrected chi connectivity index (χ1v) is 6.79. The zero-order valence-corrected chi connectivity index (χ0v) is 11.2. The summed E-state index contributed by atoms with van der Waals surface area (Å²) in [5.41, 5.74) is 5.67. The second-order valence-corrected chi connectivity index (χ2v) is 6.61. The Labute approximate surface area is 109 Å². The third-order valence-electron chi connectivity index (χ3n) is 3.04. The number of nitrogens with two attached hydrogens (primary N) is 1. The number of thioether (sulfide) groups is 1. The summed E-state index contributed by atoms with van der Waals surface area (Å²) in [6, 6.07) is -0.486. The van der Waals surface area contributed by atoms with Crippen LogP contribution in [0.2, 0.25) is 0 Å². The van der Waals surface area contributed by atoms with Crippen molar-refractivity contribution in [3.8, 4) is 0 Å². The molecule has 7 nitrogen and oxygen atoms in total. The van der Waals surface area contributed by atoms with Crippen LogP contribution in [0.1, 0.15) is 38.6 Å². The second kappa shape index (κ2) is 4.85. The van der Waals surface area contributed by atoms with Gasteiger partial charge in [0.1, 0.15) is 6.04 Å². The van der Waals surface area contributed by atoms with Gasteiger partial charge < -0.3 is 10.8 Å². The van der Waals surface area contributed by atoms with E-state index >= 15 is 0 Å². The molecule has 3 N–H and O–H groups in total. The van der Waals surface area contributed by atoms with Gasteiger partial charge in [0, 0.05) is 4.75 Å². The SMILES string of the molecule is CC(C)(SCc1nnnn1C1CC1)[C@@H](N)C(=O)O. The monoisotopic (exact) mass is 271 g/mol. The highest BCUT2D eigenvalue weighted by Gasteiger charge is 2.34. The number of aromatic nitrogens is 4. The molecular weight excluding hydrogens is 254 g/mol. The molecule has 0 aliphatic heterocycles. The summed E-state index contributed by atoms with van der Waals surface area (Å²) in [6.07, 6.45) is 2.22. The lowest BCUT2D eigenvalue weighted by molar-refractivity contribution is -0.139. The normalized spacial score (nSPS) is 17.7. The number of carbonyl (C=O) groups is 1. The molecule has 1 saturated carbocycles. The highest BCUT2D eigenvalue weighted by Crippen LogP contribution is 2.36. The minimum atomic E-state index is -0.991. The average molecular weight is 271 g/mol. The maximum absolute atomic E-state index is 10.9. The van der Waals surface area contributed by atoms with Crippen molar-refractivity contribution in [3.05, 3.63) is 5.82 Å². The molecule has 1 aliphatic rings. The number of aliphatic carboxylic acids is 1. The zero-order chi connectivity index (χ0) is 13.3. The van der Waals surface area contributed by atoms with Crippen molar-refractivity contribution in [3.63, 3.8) is 0 Å². The number of hydrogen-bond acceptors (Lipinski definition) is 6. The van der Waals surface area contributed by atoms with Crippen LogP contribution >= 0.6 is 11.8 Å². The number of hydrogen-bond donors (Lipinski definition) is 2. The number of rotatable bonds is 6. The number of carboxylic acid groups (broad SMARTS) is 1. The van der Waals surface area contributed by atoms with E-state index in [2.05, 4.69) is 15.5 Å². The van der Waals surface area contributed by atoms with Crippen molar-refractivity contribution in [1.29, 1.82) is 0 Å². The summed E-state index contributed by atoms with van der Waals surface area (Å²) in [5.74, 6) is 0.361. The Kier molecular flexibility index (Phi) is 3.58. The van der Waals surface area contributed by atoms with Gasteiger partial charge >= 0.3 is 5.97 Å². The van der Waals surface area contributed by atoms with E-state index in [1.54, 1.807) is 0 Å². The summed E-state index contributed by atoms with van der Waals surface area (Å²) in [7, 11) is 0. The largest absolute Gasteiger partial charge is 0.480 e. The molecule has 100 valence electrons. The van der Waals surface area contributed by atoms with E-state index in [-0.39, 0.29) is 0 Å². The van der Waals surface area contributed by atoms with Gasteiger partial charge in [-0.1, -0.05) is 0 Å². The Morgan fingerprint density at radius 3 is 2.89 bits per heavy atom. The maximum atomic E-state index is 10.9. The number of carboxylic acids is 1. The minimum absolute atomic E-state index is 0.423. The average Bonchev–Trinajstić information content (AvgIpc) is 3.04. The molecular formula is C10H17N5O2S. The van der Waals surface area contributed by atoms with E-state index in [4.69, 9.17) is 10.8 Å². The molecule has 18 heavy (non-hydrogen) atoms. The Morgan fingerprint density at radius 1 is 1.67 bits per heavy atom. The summed E-state index contributed by atoms with van der Waals surface area (Å²) < 4.78 is 1.27. The van der Waals surface area contributed by atoms with Gasteiger partial charge in [-0.25, -0.2) is 4.68 Å². The predicted molar refractivity (Wildman–Crippen MR) is 67.1 cm³/mol. The van der Waals surface area contributed by atoms with Crippen LogP contribution in [0.5, 0.6) is 0 Å². The molecule has 1 atom stereocenters. The smallest absolute Gasteiger partial charge is 0.321 e. The van der Waals surface area contributed by atoms with Gasteiger partial charge in [-0.05, 0) is 37.1 Å². The molecule has 0 radical (unpaired) electrons. The zero-order valence-electron chi connectivity index (χ0n) is 10.4. The van der Waals surface area contributed by atoms with Gasteiger partial charge in [-0.2, -0.15) is 0 Å². The lowest BCUT2D eigenvalue weighted by atomic mass is 10.1. The molecule has 2 rings (SSSR count). The van der Waals surface area contributed by atoms with Crippen LogP contribution in [0.25, 0.3) is 0 Å². The molecule has 1 fully saturated rings. The van der Waals surface area contributed by atoms with Crippen LogP contribution in [0.3, 0.4) is 0 Å². The van der Waals surface area contributed by atoms with E-state index in [1.165, 1.54) is 11.8 Å². The molecule has 0 spiro atoms. The Morgan fingerprint density at radius 2 is 2.33 bits per heavy atom. The van der Waals surface area contributed by atoms with Crippen molar-refractivity contribution in [2.75, 3.05) is 0 Å². The first-order chi connectivity index (χ1) is 8.42. The van der Waals surface area contributed by atoms with E-state index in [0.29, 0.717) is 11.8 Å².